The van der Waals surface area contributed by atoms with Gasteiger partial charge in [0.15, 0.2) is 0 Å². The highest BCUT2D eigenvalue weighted by Crippen LogP contribution is 2.34. The molecule has 2 aromatic heterocycles. The number of amides is 1. The van der Waals surface area contributed by atoms with Crippen molar-refractivity contribution in [1.29, 1.82) is 0 Å². The number of fused-ring (bicyclic) bond motifs is 1. The molecule has 1 N–H and O–H groups in total. The van der Waals surface area contributed by atoms with Gasteiger partial charge in [0.1, 0.15) is 0 Å². The summed E-state index contributed by atoms with van der Waals surface area (Å²) in [5, 5.41) is 9.35. The van der Waals surface area contributed by atoms with Crippen LogP contribution in [0.25, 0.3) is 0 Å². The van der Waals surface area contributed by atoms with E-state index < -0.39 is 0 Å². The Balaban J connectivity index is 1.42. The second kappa shape index (κ2) is 6.66. The maximum absolute atomic E-state index is 12.7. The number of likely N-dealkylation sites (tertiary alicyclic amines) is 1. The topological polar surface area (TPSA) is 59.4 Å². The molecule has 4 heterocycles. The summed E-state index contributed by atoms with van der Waals surface area (Å²) < 4.78 is 7.80. The SMILES string of the molecule is Cn1nccc1CN1C[C@H](C(=O)NCc2cccs2)[C@H]2OCC[C@H]21. The fraction of sp³-hybridized carbons (Fsp3) is 0.529. The Morgan fingerprint density at radius 3 is 3.17 bits per heavy atom. The zero-order chi connectivity index (χ0) is 16.5. The van der Waals surface area contributed by atoms with E-state index in [1.165, 1.54) is 10.6 Å². The van der Waals surface area contributed by atoms with E-state index in [4.69, 9.17) is 4.74 Å². The molecule has 1 amide bonds. The lowest BCUT2D eigenvalue weighted by molar-refractivity contribution is -0.127. The van der Waals surface area contributed by atoms with Gasteiger partial charge in [-0.1, -0.05) is 6.07 Å². The van der Waals surface area contributed by atoms with E-state index in [9.17, 15) is 4.79 Å². The number of carbonyl (C=O) groups excluding carboxylic acids is 1. The third-order valence-electron chi connectivity index (χ3n) is 5.04. The number of thiophene rings is 1. The van der Waals surface area contributed by atoms with Crippen LogP contribution in [0.2, 0.25) is 0 Å². The Bertz CT molecular complexity index is 699. The quantitative estimate of drug-likeness (QED) is 0.889. The van der Waals surface area contributed by atoms with Gasteiger partial charge >= 0.3 is 0 Å². The fourth-order valence-electron chi connectivity index (χ4n) is 3.76. The first-order valence-electron chi connectivity index (χ1n) is 8.35. The third kappa shape index (κ3) is 2.99. The van der Waals surface area contributed by atoms with Crippen molar-refractivity contribution < 1.29 is 9.53 Å². The molecule has 0 bridgehead atoms. The largest absolute Gasteiger partial charge is 0.376 e. The molecule has 2 saturated heterocycles. The van der Waals surface area contributed by atoms with Gasteiger partial charge in [0.2, 0.25) is 5.91 Å². The van der Waals surface area contributed by atoms with Crippen LogP contribution in [-0.4, -0.2) is 45.9 Å². The van der Waals surface area contributed by atoms with Gasteiger partial charge in [0.25, 0.3) is 0 Å². The Hall–Kier alpha value is -1.70. The number of aryl methyl sites for hydroxylation is 1. The fourth-order valence-corrected chi connectivity index (χ4v) is 4.41. The molecule has 0 unspecified atom stereocenters. The van der Waals surface area contributed by atoms with Crippen LogP contribution < -0.4 is 5.32 Å². The average Bonchev–Trinajstić information content (AvgIpc) is 3.32. The van der Waals surface area contributed by atoms with Gasteiger partial charge in [0, 0.05) is 43.9 Å². The van der Waals surface area contributed by atoms with E-state index in [-0.39, 0.29) is 17.9 Å². The molecule has 4 rings (SSSR count). The number of ether oxygens (including phenoxy) is 1. The van der Waals surface area contributed by atoms with E-state index in [2.05, 4.69) is 15.3 Å². The van der Waals surface area contributed by atoms with E-state index in [1.54, 1.807) is 11.3 Å². The molecule has 128 valence electrons. The zero-order valence-corrected chi connectivity index (χ0v) is 14.5. The summed E-state index contributed by atoms with van der Waals surface area (Å²) in [6, 6.07) is 6.42. The Kier molecular flexibility index (Phi) is 4.39. The van der Waals surface area contributed by atoms with Gasteiger partial charge in [-0.25, -0.2) is 0 Å². The summed E-state index contributed by atoms with van der Waals surface area (Å²) >= 11 is 1.67. The van der Waals surface area contributed by atoms with Crippen molar-refractivity contribution in [3.63, 3.8) is 0 Å². The highest BCUT2D eigenvalue weighted by molar-refractivity contribution is 7.09. The maximum Gasteiger partial charge on any atom is 0.227 e. The van der Waals surface area contributed by atoms with Crippen LogP contribution in [0.1, 0.15) is 17.0 Å². The molecule has 2 fully saturated rings. The van der Waals surface area contributed by atoms with E-state index in [0.29, 0.717) is 12.6 Å². The molecule has 3 atom stereocenters. The number of aromatic nitrogens is 2. The van der Waals surface area contributed by atoms with Gasteiger partial charge in [-0.15, -0.1) is 11.3 Å². The van der Waals surface area contributed by atoms with Crippen molar-refractivity contribution in [1.82, 2.24) is 20.0 Å². The molecular formula is C17H22N4O2S. The van der Waals surface area contributed by atoms with E-state index in [0.717, 1.165) is 26.1 Å². The summed E-state index contributed by atoms with van der Waals surface area (Å²) in [6.45, 7) is 2.91. The van der Waals surface area contributed by atoms with Crippen LogP contribution in [0, 0.1) is 5.92 Å². The molecule has 2 aromatic rings. The Morgan fingerprint density at radius 1 is 1.50 bits per heavy atom. The number of nitrogens with zero attached hydrogens (tertiary/aromatic N) is 3. The molecule has 2 aliphatic rings. The molecule has 2 aliphatic heterocycles. The molecule has 0 aliphatic carbocycles. The number of hydrogen-bond acceptors (Lipinski definition) is 5. The van der Waals surface area contributed by atoms with Gasteiger partial charge in [-0.2, -0.15) is 5.10 Å². The molecule has 24 heavy (non-hydrogen) atoms. The van der Waals surface area contributed by atoms with Crippen molar-refractivity contribution in [2.24, 2.45) is 13.0 Å². The summed E-state index contributed by atoms with van der Waals surface area (Å²) in [5.41, 5.74) is 1.17. The second-order valence-electron chi connectivity index (χ2n) is 6.47. The lowest BCUT2D eigenvalue weighted by Crippen LogP contribution is -2.37. The van der Waals surface area contributed by atoms with Gasteiger partial charge in [0.05, 0.1) is 24.3 Å². The molecule has 7 heteroatoms. The average molecular weight is 346 g/mol. The first kappa shape index (κ1) is 15.8. The standard InChI is InChI=1S/C17H22N4O2S/c1-20-12(4-6-19-20)10-21-11-14(16-15(21)5-7-23-16)17(22)18-9-13-3-2-8-24-13/h2-4,6,8,14-16H,5,7,9-11H2,1H3,(H,18,22)/t14-,15+,16+/m0/s1. The van der Waals surface area contributed by atoms with Gasteiger partial charge in [-0.05, 0) is 23.9 Å². The van der Waals surface area contributed by atoms with Crippen LogP contribution in [-0.2, 0) is 29.7 Å². The summed E-state index contributed by atoms with van der Waals surface area (Å²) in [6.07, 6.45) is 2.83. The lowest BCUT2D eigenvalue weighted by Gasteiger charge is -2.21. The maximum atomic E-state index is 12.7. The van der Waals surface area contributed by atoms with Crippen molar-refractivity contribution >= 4 is 17.2 Å². The second-order valence-corrected chi connectivity index (χ2v) is 7.50. The van der Waals surface area contributed by atoms with E-state index in [1.807, 2.05) is 41.5 Å². The normalized spacial score (nSPS) is 26.6. The summed E-state index contributed by atoms with van der Waals surface area (Å²) in [5.74, 6) is 0.0125. The lowest BCUT2D eigenvalue weighted by atomic mass is 10.0. The highest BCUT2D eigenvalue weighted by atomic mass is 32.1. The minimum Gasteiger partial charge on any atom is -0.376 e. The number of rotatable bonds is 5. The van der Waals surface area contributed by atoms with Crippen molar-refractivity contribution in [3.8, 4) is 0 Å². The number of nitrogens with one attached hydrogen (secondary N) is 1. The monoisotopic (exact) mass is 346 g/mol. The number of carbonyl (C=O) groups is 1. The molecule has 0 aromatic carbocycles. The Labute approximate surface area is 145 Å². The molecule has 0 radical (unpaired) electrons. The zero-order valence-electron chi connectivity index (χ0n) is 13.7. The first-order valence-corrected chi connectivity index (χ1v) is 9.23. The van der Waals surface area contributed by atoms with Gasteiger partial charge in [-0.3, -0.25) is 14.4 Å². The molecule has 0 spiro atoms. The Morgan fingerprint density at radius 2 is 2.42 bits per heavy atom. The predicted molar refractivity (Wildman–Crippen MR) is 91.4 cm³/mol. The predicted octanol–water partition coefficient (Wildman–Crippen LogP) is 1.39. The first-order chi connectivity index (χ1) is 11.7. The third-order valence-corrected chi connectivity index (χ3v) is 5.92. The minimum absolute atomic E-state index is 0.0153. The van der Waals surface area contributed by atoms with Crippen molar-refractivity contribution in [3.05, 3.63) is 40.3 Å². The van der Waals surface area contributed by atoms with Crippen LogP contribution >= 0.6 is 11.3 Å². The summed E-state index contributed by atoms with van der Waals surface area (Å²) in [4.78, 5) is 16.2. The number of hydrogen-bond donors (Lipinski definition) is 1. The molecular weight excluding hydrogens is 324 g/mol. The van der Waals surface area contributed by atoms with Crippen LogP contribution in [0.5, 0.6) is 0 Å². The summed E-state index contributed by atoms with van der Waals surface area (Å²) in [7, 11) is 1.96. The minimum atomic E-state index is -0.0920. The smallest absolute Gasteiger partial charge is 0.227 e. The molecule has 0 saturated carbocycles. The van der Waals surface area contributed by atoms with Crippen LogP contribution in [0.3, 0.4) is 0 Å². The highest BCUT2D eigenvalue weighted by Gasteiger charge is 2.48. The van der Waals surface area contributed by atoms with Crippen molar-refractivity contribution in [2.45, 2.75) is 31.7 Å². The van der Waals surface area contributed by atoms with E-state index >= 15 is 0 Å². The van der Waals surface area contributed by atoms with Gasteiger partial charge < -0.3 is 10.1 Å². The van der Waals surface area contributed by atoms with Crippen molar-refractivity contribution in [2.75, 3.05) is 13.2 Å². The van der Waals surface area contributed by atoms with Crippen LogP contribution in [0.15, 0.2) is 29.8 Å². The van der Waals surface area contributed by atoms with Crippen LogP contribution in [0.4, 0.5) is 0 Å². The molecule has 6 nitrogen and oxygen atoms in total.